The van der Waals surface area contributed by atoms with E-state index in [2.05, 4.69) is 4.98 Å². The van der Waals surface area contributed by atoms with E-state index >= 15 is 0 Å². The number of likely N-dealkylation sites (tertiary alicyclic amines) is 1. The number of amides is 2. The number of nitrogens with zero attached hydrogens (tertiary/aromatic N) is 4. The molecule has 1 aromatic heterocycles. The fourth-order valence-corrected chi connectivity index (χ4v) is 2.86. The second kappa shape index (κ2) is 7.23. The molecule has 7 heteroatoms. The molecule has 24 heavy (non-hydrogen) atoms. The molecule has 2 amide bonds. The maximum absolute atomic E-state index is 12.6. The van der Waals surface area contributed by atoms with Crippen molar-refractivity contribution in [3.8, 4) is 0 Å². The molecule has 1 aliphatic rings. The van der Waals surface area contributed by atoms with Crippen LogP contribution in [0, 0.1) is 0 Å². The average molecular weight is 336 g/mol. The number of hydrogen-bond donors (Lipinski definition) is 0. The van der Waals surface area contributed by atoms with Gasteiger partial charge in [0.15, 0.2) is 0 Å². The van der Waals surface area contributed by atoms with E-state index in [1.165, 1.54) is 0 Å². The van der Waals surface area contributed by atoms with Crippen molar-refractivity contribution in [2.24, 2.45) is 0 Å². The summed E-state index contributed by atoms with van der Waals surface area (Å²) >= 11 is 0. The van der Waals surface area contributed by atoms with Crippen LogP contribution in [0.5, 0.6) is 0 Å². The number of carbonyl (C=O) groups excluding carboxylic acids is 2. The summed E-state index contributed by atoms with van der Waals surface area (Å²) < 4.78 is 7.20. The molecule has 0 N–H and O–H groups in total. The first-order valence-corrected chi connectivity index (χ1v) is 8.41. The molecule has 7 nitrogen and oxygen atoms in total. The van der Waals surface area contributed by atoms with Crippen LogP contribution < -0.4 is 0 Å². The average Bonchev–Trinajstić information content (AvgIpc) is 3.05. The first kappa shape index (κ1) is 18.3. The molecule has 1 atom stereocenters. The Morgan fingerprint density at radius 3 is 2.42 bits per heavy atom. The third-order valence-corrected chi connectivity index (χ3v) is 4.34. The third-order valence-electron chi connectivity index (χ3n) is 4.34. The van der Waals surface area contributed by atoms with Gasteiger partial charge in [-0.15, -0.1) is 0 Å². The molecular weight excluding hydrogens is 308 g/mol. The standard InChI is InChI=1S/C17H28N4O3/c1-13(21-11-8-18-12-21)15(22)19(5)14-6-9-20(10-7-14)16(23)24-17(2,3)4/h8,11-14H,6-7,9-10H2,1-5H3. The number of likely N-dealkylation sites (N-methyl/N-ethyl adjacent to an activating group) is 1. The van der Waals surface area contributed by atoms with E-state index in [1.807, 2.05) is 34.7 Å². The van der Waals surface area contributed by atoms with E-state index in [4.69, 9.17) is 4.74 Å². The molecule has 0 aliphatic carbocycles. The Hall–Kier alpha value is -2.05. The van der Waals surface area contributed by atoms with E-state index < -0.39 is 5.60 Å². The van der Waals surface area contributed by atoms with Gasteiger partial charge in [-0.2, -0.15) is 0 Å². The lowest BCUT2D eigenvalue weighted by Crippen LogP contribution is -2.49. The van der Waals surface area contributed by atoms with Gasteiger partial charge in [0.2, 0.25) is 5.91 Å². The lowest BCUT2D eigenvalue weighted by Gasteiger charge is -2.38. The summed E-state index contributed by atoms with van der Waals surface area (Å²) in [5, 5.41) is 0. The van der Waals surface area contributed by atoms with Crippen LogP contribution in [-0.4, -0.2) is 63.1 Å². The van der Waals surface area contributed by atoms with E-state index in [-0.39, 0.29) is 24.1 Å². The molecule has 1 saturated heterocycles. The Labute approximate surface area is 143 Å². The molecule has 134 valence electrons. The van der Waals surface area contributed by atoms with Crippen LogP contribution in [0.25, 0.3) is 0 Å². The highest BCUT2D eigenvalue weighted by Crippen LogP contribution is 2.20. The molecule has 0 spiro atoms. The van der Waals surface area contributed by atoms with Crippen molar-refractivity contribution in [3.63, 3.8) is 0 Å². The van der Waals surface area contributed by atoms with Crippen molar-refractivity contribution < 1.29 is 14.3 Å². The van der Waals surface area contributed by atoms with Gasteiger partial charge >= 0.3 is 6.09 Å². The first-order chi connectivity index (χ1) is 11.2. The quantitative estimate of drug-likeness (QED) is 0.849. The fourth-order valence-electron chi connectivity index (χ4n) is 2.86. The van der Waals surface area contributed by atoms with Crippen LogP contribution >= 0.6 is 0 Å². The normalized spacial score (nSPS) is 17.5. The molecule has 2 heterocycles. The van der Waals surface area contributed by atoms with Crippen LogP contribution in [-0.2, 0) is 9.53 Å². The Kier molecular flexibility index (Phi) is 5.51. The van der Waals surface area contributed by atoms with Crippen molar-refractivity contribution in [1.82, 2.24) is 19.4 Å². The number of piperidine rings is 1. The van der Waals surface area contributed by atoms with Gasteiger partial charge in [-0.05, 0) is 40.5 Å². The van der Waals surface area contributed by atoms with Crippen LogP contribution in [0.4, 0.5) is 4.79 Å². The molecule has 1 aliphatic heterocycles. The SMILES string of the molecule is CC(C(=O)N(C)C1CCN(C(=O)OC(C)(C)C)CC1)n1ccnc1. The topological polar surface area (TPSA) is 67.7 Å². The van der Waals surface area contributed by atoms with Crippen LogP contribution in [0.15, 0.2) is 18.7 Å². The van der Waals surface area contributed by atoms with Crippen molar-refractivity contribution in [2.75, 3.05) is 20.1 Å². The highest BCUT2D eigenvalue weighted by atomic mass is 16.6. The monoisotopic (exact) mass is 336 g/mol. The molecule has 2 rings (SSSR count). The fraction of sp³-hybridized carbons (Fsp3) is 0.706. The van der Waals surface area contributed by atoms with Gasteiger partial charge in [-0.3, -0.25) is 4.79 Å². The number of imidazole rings is 1. The van der Waals surface area contributed by atoms with Crippen molar-refractivity contribution in [2.45, 2.75) is 58.2 Å². The van der Waals surface area contributed by atoms with Crippen molar-refractivity contribution in [1.29, 1.82) is 0 Å². The van der Waals surface area contributed by atoms with Crippen LogP contribution in [0.2, 0.25) is 0 Å². The van der Waals surface area contributed by atoms with Crippen LogP contribution in [0.3, 0.4) is 0 Å². The zero-order valence-electron chi connectivity index (χ0n) is 15.2. The highest BCUT2D eigenvalue weighted by Gasteiger charge is 2.31. The zero-order valence-corrected chi connectivity index (χ0v) is 15.2. The molecule has 0 aromatic carbocycles. The highest BCUT2D eigenvalue weighted by molar-refractivity contribution is 5.80. The molecule has 1 unspecified atom stereocenters. The number of carbonyl (C=O) groups is 2. The van der Waals surface area contributed by atoms with E-state index in [0.717, 1.165) is 12.8 Å². The molecular formula is C17H28N4O3. The molecule has 0 radical (unpaired) electrons. The minimum absolute atomic E-state index is 0.0590. The molecule has 0 bridgehead atoms. The van der Waals surface area contributed by atoms with Gasteiger partial charge in [-0.25, -0.2) is 9.78 Å². The predicted octanol–water partition coefficient (Wildman–Crippen LogP) is 2.30. The summed E-state index contributed by atoms with van der Waals surface area (Å²) in [6, 6.07) is -0.136. The Balaban J connectivity index is 1.87. The molecule has 1 fully saturated rings. The molecule has 1 aromatic rings. The number of rotatable bonds is 3. The van der Waals surface area contributed by atoms with Gasteiger partial charge in [0, 0.05) is 38.6 Å². The lowest BCUT2D eigenvalue weighted by molar-refractivity contribution is -0.135. The number of aromatic nitrogens is 2. The maximum Gasteiger partial charge on any atom is 0.410 e. The minimum Gasteiger partial charge on any atom is -0.444 e. The van der Waals surface area contributed by atoms with Gasteiger partial charge in [0.25, 0.3) is 0 Å². The Morgan fingerprint density at radius 1 is 1.29 bits per heavy atom. The smallest absolute Gasteiger partial charge is 0.410 e. The number of hydrogen-bond acceptors (Lipinski definition) is 4. The lowest BCUT2D eigenvalue weighted by atomic mass is 10.0. The van der Waals surface area contributed by atoms with E-state index in [9.17, 15) is 9.59 Å². The Bertz CT molecular complexity index is 557. The summed E-state index contributed by atoms with van der Waals surface area (Å²) in [5.41, 5.74) is -0.485. The van der Waals surface area contributed by atoms with Crippen molar-refractivity contribution >= 4 is 12.0 Å². The second-order valence-electron chi connectivity index (χ2n) is 7.33. The van der Waals surface area contributed by atoms with E-state index in [1.54, 1.807) is 33.1 Å². The maximum atomic E-state index is 12.6. The van der Waals surface area contributed by atoms with Gasteiger partial charge in [-0.1, -0.05) is 0 Å². The minimum atomic E-state index is -0.485. The van der Waals surface area contributed by atoms with Gasteiger partial charge in [0.1, 0.15) is 11.6 Å². The summed E-state index contributed by atoms with van der Waals surface area (Å²) in [6.07, 6.45) is 6.37. The Morgan fingerprint density at radius 2 is 1.92 bits per heavy atom. The summed E-state index contributed by atoms with van der Waals surface area (Å²) in [7, 11) is 1.84. The molecule has 0 saturated carbocycles. The van der Waals surface area contributed by atoms with E-state index in [0.29, 0.717) is 13.1 Å². The second-order valence-corrected chi connectivity index (χ2v) is 7.33. The first-order valence-electron chi connectivity index (χ1n) is 8.41. The predicted molar refractivity (Wildman–Crippen MR) is 90.5 cm³/mol. The summed E-state index contributed by atoms with van der Waals surface area (Å²) in [4.78, 5) is 32.2. The summed E-state index contributed by atoms with van der Waals surface area (Å²) in [6.45, 7) is 8.68. The summed E-state index contributed by atoms with van der Waals surface area (Å²) in [5.74, 6) is 0.0590. The van der Waals surface area contributed by atoms with Crippen molar-refractivity contribution in [3.05, 3.63) is 18.7 Å². The van der Waals surface area contributed by atoms with Gasteiger partial charge < -0.3 is 19.1 Å². The van der Waals surface area contributed by atoms with Gasteiger partial charge in [0.05, 0.1) is 6.33 Å². The number of ether oxygens (including phenoxy) is 1. The third kappa shape index (κ3) is 4.49. The largest absolute Gasteiger partial charge is 0.444 e. The van der Waals surface area contributed by atoms with Crippen LogP contribution in [0.1, 0.15) is 46.6 Å². The zero-order chi connectivity index (χ0) is 17.9.